The van der Waals surface area contributed by atoms with Crippen molar-refractivity contribution in [2.75, 3.05) is 29.0 Å². The standard InChI is InChI=1S/C35H37F2N3O7S/c1-24-32(39-48(2,44)45)8-4-9-33(24)40(23-26-13-14-27(36)20-31(26)37)22-25-11-15-28(16-12-25)47-30-7-3-6-29(21-30)46-19-5-10-34(41)38-18-17-35(42)43/h3-4,6-9,11-16,20-21,39H,5,10,17-19,22-23H2,1-2H3,(H,38,41)(H,42,43). The highest BCUT2D eigenvalue weighted by Crippen LogP contribution is 2.31. The molecule has 10 nitrogen and oxygen atoms in total. The number of carbonyl (C=O) groups is 2. The van der Waals surface area contributed by atoms with Gasteiger partial charge in [-0.25, -0.2) is 17.2 Å². The number of ether oxygens (including phenoxy) is 2. The summed E-state index contributed by atoms with van der Waals surface area (Å²) < 4.78 is 66.5. The van der Waals surface area contributed by atoms with E-state index in [1.807, 2.05) is 23.1 Å². The molecule has 0 aromatic heterocycles. The van der Waals surface area contributed by atoms with Crippen LogP contribution in [0.1, 0.15) is 36.0 Å². The van der Waals surface area contributed by atoms with Crippen molar-refractivity contribution < 1.29 is 41.4 Å². The third-order valence-electron chi connectivity index (χ3n) is 7.13. The van der Waals surface area contributed by atoms with Crippen LogP contribution in [0.3, 0.4) is 0 Å². The summed E-state index contributed by atoms with van der Waals surface area (Å²) in [4.78, 5) is 24.2. The minimum atomic E-state index is -3.54. The highest BCUT2D eigenvalue weighted by molar-refractivity contribution is 7.92. The van der Waals surface area contributed by atoms with Crippen molar-refractivity contribution in [2.45, 2.75) is 39.3 Å². The van der Waals surface area contributed by atoms with Gasteiger partial charge in [-0.1, -0.05) is 30.3 Å². The quantitative estimate of drug-likeness (QED) is 0.109. The molecule has 3 N–H and O–H groups in total. The molecule has 0 spiro atoms. The van der Waals surface area contributed by atoms with Crippen LogP contribution < -0.4 is 24.4 Å². The number of anilines is 2. The number of sulfonamides is 1. The molecule has 0 aliphatic heterocycles. The SMILES string of the molecule is Cc1c(NS(C)(=O)=O)cccc1N(Cc1ccc(Oc2cccc(OCCCC(=O)NCCC(=O)O)c2)cc1)Cc1ccc(F)cc1F. The number of rotatable bonds is 17. The van der Waals surface area contributed by atoms with Crippen LogP contribution in [0.5, 0.6) is 17.2 Å². The Hall–Kier alpha value is -5.17. The molecule has 0 saturated carbocycles. The molecule has 0 radical (unpaired) electrons. The van der Waals surface area contributed by atoms with Crippen LogP contribution in [-0.4, -0.2) is 44.8 Å². The Labute approximate surface area is 278 Å². The van der Waals surface area contributed by atoms with E-state index in [0.29, 0.717) is 47.2 Å². The highest BCUT2D eigenvalue weighted by Gasteiger charge is 2.17. The van der Waals surface area contributed by atoms with E-state index < -0.39 is 27.6 Å². The monoisotopic (exact) mass is 681 g/mol. The van der Waals surface area contributed by atoms with E-state index in [9.17, 15) is 26.8 Å². The van der Waals surface area contributed by atoms with Crippen LogP contribution in [0.15, 0.2) is 84.9 Å². The summed E-state index contributed by atoms with van der Waals surface area (Å²) in [6, 6.07) is 22.9. The van der Waals surface area contributed by atoms with Crippen molar-refractivity contribution in [3.05, 3.63) is 113 Å². The number of hydrogen-bond donors (Lipinski definition) is 3. The van der Waals surface area contributed by atoms with E-state index in [0.717, 1.165) is 17.9 Å². The number of halogens is 2. The maximum absolute atomic E-state index is 14.7. The zero-order valence-corrected chi connectivity index (χ0v) is 27.4. The molecular formula is C35H37F2N3O7S. The maximum atomic E-state index is 14.7. The minimum absolute atomic E-state index is 0.0855. The summed E-state index contributed by atoms with van der Waals surface area (Å²) in [7, 11) is -3.54. The van der Waals surface area contributed by atoms with Gasteiger partial charge in [0.1, 0.15) is 28.9 Å². The third kappa shape index (κ3) is 11.3. The number of nitrogens with zero attached hydrogens (tertiary/aromatic N) is 1. The Morgan fingerprint density at radius 3 is 2.31 bits per heavy atom. The van der Waals surface area contributed by atoms with Gasteiger partial charge in [0.05, 0.1) is 25.0 Å². The van der Waals surface area contributed by atoms with Crippen LogP contribution in [0.4, 0.5) is 20.2 Å². The summed E-state index contributed by atoms with van der Waals surface area (Å²) in [5.74, 6) is -0.926. The summed E-state index contributed by atoms with van der Waals surface area (Å²) >= 11 is 0. The number of benzene rings is 4. The molecule has 0 unspecified atom stereocenters. The fraction of sp³-hybridized carbons (Fsp3) is 0.257. The van der Waals surface area contributed by atoms with Gasteiger partial charge in [0.25, 0.3) is 0 Å². The first-order chi connectivity index (χ1) is 22.9. The van der Waals surface area contributed by atoms with Crippen LogP contribution in [-0.2, 0) is 32.7 Å². The molecule has 0 aliphatic carbocycles. The van der Waals surface area contributed by atoms with Crippen molar-refractivity contribution in [2.24, 2.45) is 0 Å². The molecule has 1 amide bonds. The van der Waals surface area contributed by atoms with Crippen molar-refractivity contribution >= 4 is 33.3 Å². The smallest absolute Gasteiger partial charge is 0.305 e. The molecule has 13 heteroatoms. The van der Waals surface area contributed by atoms with Gasteiger partial charge < -0.3 is 24.8 Å². The minimum Gasteiger partial charge on any atom is -0.493 e. The summed E-state index contributed by atoms with van der Waals surface area (Å²) in [5, 5.41) is 11.2. The van der Waals surface area contributed by atoms with E-state index in [2.05, 4.69) is 10.0 Å². The Bertz CT molecular complexity index is 1840. The summed E-state index contributed by atoms with van der Waals surface area (Å²) in [5.41, 5.74) is 2.84. The molecule has 4 aromatic carbocycles. The summed E-state index contributed by atoms with van der Waals surface area (Å²) in [6.07, 6.45) is 1.60. The lowest BCUT2D eigenvalue weighted by molar-refractivity contribution is -0.136. The average molecular weight is 682 g/mol. The number of carboxylic acids is 1. The normalized spacial score (nSPS) is 11.1. The van der Waals surface area contributed by atoms with Gasteiger partial charge in [0, 0.05) is 49.4 Å². The van der Waals surface area contributed by atoms with E-state index in [1.54, 1.807) is 55.5 Å². The number of carbonyl (C=O) groups excluding carboxylic acids is 1. The van der Waals surface area contributed by atoms with Crippen molar-refractivity contribution in [3.63, 3.8) is 0 Å². The molecule has 0 bridgehead atoms. The van der Waals surface area contributed by atoms with Gasteiger partial charge in [0.15, 0.2) is 0 Å². The van der Waals surface area contributed by atoms with Crippen LogP contribution >= 0.6 is 0 Å². The first-order valence-corrected chi connectivity index (χ1v) is 17.0. The second-order valence-electron chi connectivity index (χ2n) is 11.1. The van der Waals surface area contributed by atoms with Crippen molar-refractivity contribution in [1.82, 2.24) is 5.32 Å². The first kappa shape index (κ1) is 35.7. The molecule has 0 fully saturated rings. The van der Waals surface area contributed by atoms with Gasteiger partial charge in [-0.3, -0.25) is 14.3 Å². The Morgan fingerprint density at radius 1 is 0.875 bits per heavy atom. The number of carboxylic acid groups (broad SMARTS) is 1. The zero-order valence-electron chi connectivity index (χ0n) is 26.5. The molecule has 0 aliphatic rings. The predicted octanol–water partition coefficient (Wildman–Crippen LogP) is 6.39. The number of amides is 1. The van der Waals surface area contributed by atoms with E-state index in [4.69, 9.17) is 14.6 Å². The molecule has 0 saturated heterocycles. The second kappa shape index (κ2) is 16.6. The van der Waals surface area contributed by atoms with Crippen molar-refractivity contribution in [3.8, 4) is 17.2 Å². The molecule has 4 rings (SSSR count). The van der Waals surface area contributed by atoms with Crippen LogP contribution in [0.25, 0.3) is 0 Å². The molecule has 0 atom stereocenters. The number of hydrogen-bond acceptors (Lipinski definition) is 7. The topological polar surface area (TPSA) is 134 Å². The lowest BCUT2D eigenvalue weighted by atomic mass is 10.1. The Balaban J connectivity index is 1.42. The lowest BCUT2D eigenvalue weighted by Gasteiger charge is -2.28. The van der Waals surface area contributed by atoms with Crippen LogP contribution in [0, 0.1) is 18.6 Å². The molecule has 48 heavy (non-hydrogen) atoms. The average Bonchev–Trinajstić information content (AvgIpc) is 3.02. The zero-order chi connectivity index (χ0) is 34.7. The summed E-state index contributed by atoms with van der Waals surface area (Å²) in [6.45, 7) is 2.56. The van der Waals surface area contributed by atoms with E-state index in [-0.39, 0.29) is 44.0 Å². The van der Waals surface area contributed by atoms with Gasteiger partial charge in [-0.05, 0) is 66.9 Å². The number of aliphatic carboxylic acids is 1. The fourth-order valence-electron chi connectivity index (χ4n) is 4.82. The highest BCUT2D eigenvalue weighted by atomic mass is 32.2. The molecular weight excluding hydrogens is 644 g/mol. The van der Waals surface area contributed by atoms with Gasteiger partial charge in [-0.15, -0.1) is 0 Å². The Kier molecular flexibility index (Phi) is 12.3. The first-order valence-electron chi connectivity index (χ1n) is 15.1. The van der Waals surface area contributed by atoms with Gasteiger partial charge in [0.2, 0.25) is 15.9 Å². The predicted molar refractivity (Wildman–Crippen MR) is 179 cm³/mol. The number of nitrogens with one attached hydrogen (secondary N) is 2. The van der Waals surface area contributed by atoms with Gasteiger partial charge in [-0.2, -0.15) is 0 Å². The van der Waals surface area contributed by atoms with Crippen LogP contribution in [0.2, 0.25) is 0 Å². The molecule has 254 valence electrons. The second-order valence-corrected chi connectivity index (χ2v) is 12.8. The Morgan fingerprint density at radius 2 is 1.60 bits per heavy atom. The lowest BCUT2D eigenvalue weighted by Crippen LogP contribution is -2.26. The van der Waals surface area contributed by atoms with E-state index in [1.165, 1.54) is 12.1 Å². The van der Waals surface area contributed by atoms with E-state index >= 15 is 0 Å². The fourth-order valence-corrected chi connectivity index (χ4v) is 5.45. The largest absolute Gasteiger partial charge is 0.493 e. The van der Waals surface area contributed by atoms with Crippen molar-refractivity contribution in [1.29, 1.82) is 0 Å². The molecule has 0 heterocycles. The van der Waals surface area contributed by atoms with Gasteiger partial charge >= 0.3 is 5.97 Å². The molecule has 4 aromatic rings. The maximum Gasteiger partial charge on any atom is 0.305 e. The third-order valence-corrected chi connectivity index (χ3v) is 7.72.